The number of ether oxygens (including phenoxy) is 1. The van der Waals surface area contributed by atoms with E-state index >= 15 is 0 Å². The highest BCUT2D eigenvalue weighted by atomic mass is 19.4. The van der Waals surface area contributed by atoms with Crippen molar-refractivity contribution in [2.45, 2.75) is 19.3 Å². The molecular formula is C9H12F3N3O. The lowest BCUT2D eigenvalue weighted by Gasteiger charge is -2.06. The Bertz CT molecular complexity index is 313. The minimum absolute atomic E-state index is 0.237. The lowest BCUT2D eigenvalue weighted by molar-refractivity contribution is -0.177. The van der Waals surface area contributed by atoms with E-state index in [9.17, 15) is 13.2 Å². The van der Waals surface area contributed by atoms with Crippen molar-refractivity contribution in [3.63, 3.8) is 0 Å². The van der Waals surface area contributed by atoms with E-state index in [-0.39, 0.29) is 12.4 Å². The molecule has 0 amide bonds. The predicted octanol–water partition coefficient (Wildman–Crippen LogP) is 1.27. The number of hydrogen-bond acceptors (Lipinski definition) is 4. The number of nitrogens with one attached hydrogen (secondary N) is 1. The Kier molecular flexibility index (Phi) is 4.63. The first-order valence-corrected chi connectivity index (χ1v) is 4.60. The Labute approximate surface area is 90.9 Å². The Hall–Kier alpha value is -1.21. The van der Waals surface area contributed by atoms with Gasteiger partial charge in [0.25, 0.3) is 0 Å². The van der Waals surface area contributed by atoms with Crippen molar-refractivity contribution in [3.05, 3.63) is 23.8 Å². The number of alkyl halides is 3. The summed E-state index contributed by atoms with van der Waals surface area (Å²) in [4.78, 5) is 7.75. The molecule has 0 unspecified atom stereocenters. The molecule has 4 nitrogen and oxygen atoms in total. The van der Waals surface area contributed by atoms with Gasteiger partial charge < -0.3 is 10.1 Å². The van der Waals surface area contributed by atoms with Gasteiger partial charge in [0.05, 0.1) is 0 Å². The second kappa shape index (κ2) is 5.76. The third-order valence-corrected chi connectivity index (χ3v) is 1.64. The Morgan fingerprint density at radius 1 is 1.31 bits per heavy atom. The first kappa shape index (κ1) is 12.9. The van der Waals surface area contributed by atoms with Crippen molar-refractivity contribution in [1.82, 2.24) is 15.3 Å². The molecule has 0 aliphatic carbocycles. The quantitative estimate of drug-likeness (QED) is 0.835. The molecule has 0 aromatic carbocycles. The minimum atomic E-state index is -4.31. The Balaban J connectivity index is 2.37. The molecule has 1 heterocycles. The fourth-order valence-corrected chi connectivity index (χ4v) is 1.01. The summed E-state index contributed by atoms with van der Waals surface area (Å²) in [6.45, 7) is -0.905. The predicted molar refractivity (Wildman–Crippen MR) is 50.5 cm³/mol. The van der Waals surface area contributed by atoms with Gasteiger partial charge in [-0.15, -0.1) is 0 Å². The van der Waals surface area contributed by atoms with Crippen LogP contribution in [-0.2, 0) is 17.9 Å². The second-order valence-corrected chi connectivity index (χ2v) is 3.15. The monoisotopic (exact) mass is 235 g/mol. The average Bonchev–Trinajstić information content (AvgIpc) is 2.19. The summed E-state index contributed by atoms with van der Waals surface area (Å²) in [6.07, 6.45) is -1.21. The number of rotatable bonds is 5. The van der Waals surface area contributed by atoms with E-state index in [4.69, 9.17) is 0 Å². The molecule has 0 atom stereocenters. The Morgan fingerprint density at radius 3 is 2.44 bits per heavy atom. The molecular weight excluding hydrogens is 223 g/mol. The minimum Gasteiger partial charge on any atom is -0.364 e. The van der Waals surface area contributed by atoms with Crippen LogP contribution in [0.5, 0.6) is 0 Å². The molecule has 0 saturated carbocycles. The zero-order chi connectivity index (χ0) is 12.0. The van der Waals surface area contributed by atoms with E-state index in [2.05, 4.69) is 20.0 Å². The highest BCUT2D eigenvalue weighted by Gasteiger charge is 2.27. The molecule has 0 saturated heterocycles. The zero-order valence-corrected chi connectivity index (χ0v) is 8.71. The molecule has 7 heteroatoms. The highest BCUT2D eigenvalue weighted by Crippen LogP contribution is 2.14. The number of aromatic nitrogens is 2. The molecule has 0 bridgehead atoms. The van der Waals surface area contributed by atoms with Gasteiger partial charge in [0, 0.05) is 24.5 Å². The second-order valence-electron chi connectivity index (χ2n) is 3.15. The summed E-state index contributed by atoms with van der Waals surface area (Å²) in [6, 6.07) is 0. The molecule has 16 heavy (non-hydrogen) atoms. The SMILES string of the molecule is CNCc1cnc(COCC(F)(F)F)nc1. The van der Waals surface area contributed by atoms with Crippen molar-refractivity contribution >= 4 is 0 Å². The summed E-state index contributed by atoms with van der Waals surface area (Å²) in [5.74, 6) is 0.240. The third-order valence-electron chi connectivity index (χ3n) is 1.64. The van der Waals surface area contributed by atoms with Crippen molar-refractivity contribution in [2.24, 2.45) is 0 Å². The number of nitrogens with zero attached hydrogens (tertiary/aromatic N) is 2. The summed E-state index contributed by atoms with van der Waals surface area (Å²) in [5, 5.41) is 2.91. The first-order chi connectivity index (χ1) is 7.51. The number of hydrogen-bond donors (Lipinski definition) is 1. The lowest BCUT2D eigenvalue weighted by atomic mass is 10.3. The largest absolute Gasteiger partial charge is 0.411 e. The van der Waals surface area contributed by atoms with Crippen molar-refractivity contribution in [1.29, 1.82) is 0 Å². The van der Waals surface area contributed by atoms with E-state index in [0.717, 1.165) is 5.56 Å². The summed E-state index contributed by atoms with van der Waals surface area (Å²) >= 11 is 0. The summed E-state index contributed by atoms with van der Waals surface area (Å²) in [7, 11) is 1.78. The fraction of sp³-hybridized carbons (Fsp3) is 0.556. The molecule has 0 aliphatic rings. The third kappa shape index (κ3) is 5.04. The lowest BCUT2D eigenvalue weighted by Crippen LogP contribution is -2.17. The van der Waals surface area contributed by atoms with Gasteiger partial charge in [-0.1, -0.05) is 0 Å². The van der Waals surface area contributed by atoms with E-state index in [1.165, 1.54) is 0 Å². The van der Waals surface area contributed by atoms with E-state index < -0.39 is 12.8 Å². The summed E-state index contributed by atoms with van der Waals surface area (Å²) < 4.78 is 39.7. The van der Waals surface area contributed by atoms with Gasteiger partial charge in [0.15, 0.2) is 5.82 Å². The zero-order valence-electron chi connectivity index (χ0n) is 8.71. The number of halogens is 3. The van der Waals surface area contributed by atoms with Gasteiger partial charge in [-0.3, -0.25) is 0 Å². The molecule has 90 valence electrons. The van der Waals surface area contributed by atoms with E-state index in [1.807, 2.05) is 0 Å². The van der Waals surface area contributed by atoms with Crippen LogP contribution in [0.25, 0.3) is 0 Å². The van der Waals surface area contributed by atoms with Gasteiger partial charge in [-0.2, -0.15) is 13.2 Å². The van der Waals surface area contributed by atoms with Crippen LogP contribution in [0.15, 0.2) is 12.4 Å². The molecule has 1 rings (SSSR count). The molecule has 1 aromatic heterocycles. The average molecular weight is 235 g/mol. The summed E-state index contributed by atoms with van der Waals surface area (Å²) in [5.41, 5.74) is 0.863. The molecule has 0 spiro atoms. The Morgan fingerprint density at radius 2 is 1.94 bits per heavy atom. The molecule has 0 fully saturated rings. The van der Waals surface area contributed by atoms with Gasteiger partial charge in [0.2, 0.25) is 0 Å². The van der Waals surface area contributed by atoms with Crippen molar-refractivity contribution < 1.29 is 17.9 Å². The van der Waals surface area contributed by atoms with E-state index in [1.54, 1.807) is 19.4 Å². The first-order valence-electron chi connectivity index (χ1n) is 4.60. The van der Waals surface area contributed by atoms with Gasteiger partial charge in [0.1, 0.15) is 13.2 Å². The smallest absolute Gasteiger partial charge is 0.364 e. The van der Waals surface area contributed by atoms with Gasteiger partial charge in [-0.05, 0) is 7.05 Å². The van der Waals surface area contributed by atoms with Crippen molar-refractivity contribution in [3.8, 4) is 0 Å². The van der Waals surface area contributed by atoms with Crippen LogP contribution in [0.4, 0.5) is 13.2 Å². The van der Waals surface area contributed by atoms with Crippen LogP contribution in [0, 0.1) is 0 Å². The van der Waals surface area contributed by atoms with Crippen LogP contribution >= 0.6 is 0 Å². The molecule has 1 aromatic rings. The van der Waals surface area contributed by atoms with Crippen LogP contribution in [0.3, 0.4) is 0 Å². The van der Waals surface area contributed by atoms with Crippen molar-refractivity contribution in [2.75, 3.05) is 13.7 Å². The topological polar surface area (TPSA) is 47.0 Å². The highest BCUT2D eigenvalue weighted by molar-refractivity contribution is 5.04. The van der Waals surface area contributed by atoms with Crippen LogP contribution < -0.4 is 5.32 Å². The molecule has 1 N–H and O–H groups in total. The van der Waals surface area contributed by atoms with Crippen LogP contribution in [-0.4, -0.2) is 29.8 Å². The molecule has 0 aliphatic heterocycles. The normalized spacial score (nSPS) is 11.8. The van der Waals surface area contributed by atoms with Gasteiger partial charge in [-0.25, -0.2) is 9.97 Å². The fourth-order valence-electron chi connectivity index (χ4n) is 1.01. The molecule has 0 radical (unpaired) electrons. The van der Waals surface area contributed by atoms with Crippen LogP contribution in [0.2, 0.25) is 0 Å². The maximum absolute atomic E-state index is 11.7. The maximum Gasteiger partial charge on any atom is 0.411 e. The maximum atomic E-state index is 11.7. The van der Waals surface area contributed by atoms with Gasteiger partial charge >= 0.3 is 6.18 Å². The van der Waals surface area contributed by atoms with Crippen LogP contribution in [0.1, 0.15) is 11.4 Å². The standard InChI is InChI=1S/C9H12F3N3O/c1-13-2-7-3-14-8(15-4-7)5-16-6-9(10,11)12/h3-4,13H,2,5-6H2,1H3. The van der Waals surface area contributed by atoms with E-state index in [0.29, 0.717) is 6.54 Å².